The summed E-state index contributed by atoms with van der Waals surface area (Å²) in [6.07, 6.45) is -0.105. The van der Waals surface area contributed by atoms with Gasteiger partial charge >= 0.3 is 11.9 Å². The molecule has 0 bridgehead atoms. The summed E-state index contributed by atoms with van der Waals surface area (Å²) in [5.74, 6) is -1.07. The lowest BCUT2D eigenvalue weighted by atomic mass is 10.1. The first kappa shape index (κ1) is 17.7. The van der Waals surface area contributed by atoms with Gasteiger partial charge in [-0.3, -0.25) is 0 Å². The second kappa shape index (κ2) is 8.31. The fourth-order valence-corrected chi connectivity index (χ4v) is 2.46. The highest BCUT2D eigenvalue weighted by atomic mass is 16.6. The monoisotopic (exact) mass is 354 g/mol. The Morgan fingerprint density at radius 2 is 1.50 bits per heavy atom. The third-order valence-corrected chi connectivity index (χ3v) is 3.88. The molecule has 2 aromatic carbocycles. The average molecular weight is 354 g/mol. The fraction of sp³-hybridized carbons (Fsp3) is 0.200. The van der Waals surface area contributed by atoms with Gasteiger partial charge in [0.15, 0.2) is 12.2 Å². The highest BCUT2D eigenvalue weighted by molar-refractivity contribution is 5.90. The molecule has 6 nitrogen and oxygen atoms in total. The van der Waals surface area contributed by atoms with E-state index in [4.69, 9.17) is 14.2 Å². The molecule has 0 aliphatic carbocycles. The Kier molecular flexibility index (Phi) is 5.66. The minimum Gasteiger partial charge on any atom is -0.492 e. The van der Waals surface area contributed by atoms with E-state index in [-0.39, 0.29) is 6.61 Å². The Labute approximate surface area is 150 Å². The molecule has 0 saturated heterocycles. The first-order valence-corrected chi connectivity index (χ1v) is 8.13. The van der Waals surface area contributed by atoms with E-state index in [9.17, 15) is 14.7 Å². The van der Waals surface area contributed by atoms with E-state index in [0.29, 0.717) is 11.1 Å². The summed E-state index contributed by atoms with van der Waals surface area (Å²) in [6, 6.07) is 17.0. The molecular weight excluding hydrogens is 336 g/mol. The van der Waals surface area contributed by atoms with Gasteiger partial charge in [0, 0.05) is 0 Å². The van der Waals surface area contributed by atoms with Crippen LogP contribution in [0.1, 0.15) is 20.7 Å². The first-order chi connectivity index (χ1) is 12.6. The standard InChI is InChI=1S/C20H18O6/c21-18-16(26-20(23)15-9-5-2-6-10-15)11-12-24-17(18)13-25-19(22)14-7-3-1-4-8-14/h1-12,16-18,21H,13H2/t16-,17-,18-/m1/s1. The van der Waals surface area contributed by atoms with Crippen molar-refractivity contribution in [2.24, 2.45) is 0 Å². The lowest BCUT2D eigenvalue weighted by Crippen LogP contribution is -2.45. The van der Waals surface area contributed by atoms with Gasteiger partial charge in [0.05, 0.1) is 17.4 Å². The predicted molar refractivity (Wildman–Crippen MR) is 92.4 cm³/mol. The Balaban J connectivity index is 1.56. The van der Waals surface area contributed by atoms with Crippen molar-refractivity contribution in [3.8, 4) is 0 Å². The van der Waals surface area contributed by atoms with Crippen LogP contribution in [0.4, 0.5) is 0 Å². The molecule has 0 aromatic heterocycles. The van der Waals surface area contributed by atoms with Crippen LogP contribution in [0.5, 0.6) is 0 Å². The summed E-state index contributed by atoms with van der Waals surface area (Å²) in [7, 11) is 0. The molecule has 1 aliphatic rings. The van der Waals surface area contributed by atoms with Gasteiger partial charge in [-0.15, -0.1) is 0 Å². The summed E-state index contributed by atoms with van der Waals surface area (Å²) in [5, 5.41) is 10.4. The molecule has 3 rings (SSSR count). The number of carbonyl (C=O) groups excluding carboxylic acids is 2. The Hall–Kier alpha value is -3.12. The van der Waals surface area contributed by atoms with E-state index in [1.165, 1.54) is 12.3 Å². The normalized spacial score (nSPS) is 21.5. The van der Waals surface area contributed by atoms with Gasteiger partial charge in [-0.25, -0.2) is 9.59 Å². The summed E-state index contributed by atoms with van der Waals surface area (Å²) in [5.41, 5.74) is 0.784. The predicted octanol–water partition coefficient (Wildman–Crippen LogP) is 2.34. The first-order valence-electron chi connectivity index (χ1n) is 8.13. The smallest absolute Gasteiger partial charge is 0.338 e. The van der Waals surface area contributed by atoms with Crippen LogP contribution in [0.2, 0.25) is 0 Å². The van der Waals surface area contributed by atoms with Gasteiger partial charge in [-0.05, 0) is 30.3 Å². The van der Waals surface area contributed by atoms with Crippen LogP contribution < -0.4 is 0 Å². The van der Waals surface area contributed by atoms with Crippen LogP contribution in [-0.2, 0) is 14.2 Å². The molecule has 6 heteroatoms. The zero-order valence-corrected chi connectivity index (χ0v) is 13.9. The van der Waals surface area contributed by atoms with Gasteiger partial charge < -0.3 is 19.3 Å². The number of aliphatic hydroxyl groups excluding tert-OH is 1. The molecule has 0 spiro atoms. The summed E-state index contributed by atoms with van der Waals surface area (Å²) >= 11 is 0. The van der Waals surface area contributed by atoms with Crippen molar-refractivity contribution in [3.05, 3.63) is 84.1 Å². The number of hydrogen-bond donors (Lipinski definition) is 1. The maximum absolute atomic E-state index is 12.1. The third-order valence-electron chi connectivity index (χ3n) is 3.88. The van der Waals surface area contributed by atoms with Crippen molar-refractivity contribution in [2.45, 2.75) is 18.3 Å². The lowest BCUT2D eigenvalue weighted by molar-refractivity contribution is -0.0900. The number of rotatable bonds is 5. The van der Waals surface area contributed by atoms with Crippen molar-refractivity contribution < 1.29 is 28.9 Å². The van der Waals surface area contributed by atoms with Crippen LogP contribution in [0.25, 0.3) is 0 Å². The molecule has 0 saturated carbocycles. The number of benzene rings is 2. The van der Waals surface area contributed by atoms with Gasteiger partial charge in [0.25, 0.3) is 0 Å². The van der Waals surface area contributed by atoms with Crippen LogP contribution in [0, 0.1) is 0 Å². The number of esters is 2. The summed E-state index contributed by atoms with van der Waals surface area (Å²) in [6.45, 7) is -0.168. The molecule has 1 aliphatic heterocycles. The van der Waals surface area contributed by atoms with Gasteiger partial charge in [0.2, 0.25) is 0 Å². The maximum Gasteiger partial charge on any atom is 0.338 e. The van der Waals surface area contributed by atoms with Crippen molar-refractivity contribution >= 4 is 11.9 Å². The molecular formula is C20H18O6. The van der Waals surface area contributed by atoms with Crippen molar-refractivity contribution in [1.29, 1.82) is 0 Å². The van der Waals surface area contributed by atoms with Crippen LogP contribution in [0.3, 0.4) is 0 Å². The molecule has 134 valence electrons. The molecule has 0 radical (unpaired) electrons. The molecule has 0 fully saturated rings. The quantitative estimate of drug-likeness (QED) is 0.830. The highest BCUT2D eigenvalue weighted by Gasteiger charge is 2.34. The Morgan fingerprint density at radius 3 is 2.12 bits per heavy atom. The maximum atomic E-state index is 12.1. The number of ether oxygens (including phenoxy) is 3. The van der Waals surface area contributed by atoms with Gasteiger partial charge in [-0.2, -0.15) is 0 Å². The van der Waals surface area contributed by atoms with Crippen molar-refractivity contribution in [2.75, 3.05) is 6.61 Å². The minimum atomic E-state index is -1.16. The molecule has 2 aromatic rings. The SMILES string of the molecule is O=C(OC[C@H]1OC=C[C@@H](OC(=O)c2ccccc2)[C@H]1O)c1ccccc1. The Morgan fingerprint density at radius 1 is 0.923 bits per heavy atom. The topological polar surface area (TPSA) is 82.1 Å². The number of carbonyl (C=O) groups is 2. The van der Waals surface area contributed by atoms with Gasteiger partial charge in [-0.1, -0.05) is 36.4 Å². The molecule has 1 heterocycles. The van der Waals surface area contributed by atoms with E-state index in [0.717, 1.165) is 0 Å². The van der Waals surface area contributed by atoms with Gasteiger partial charge in [0.1, 0.15) is 12.7 Å². The van der Waals surface area contributed by atoms with E-state index >= 15 is 0 Å². The number of hydrogen-bond acceptors (Lipinski definition) is 6. The molecule has 3 atom stereocenters. The van der Waals surface area contributed by atoms with Crippen LogP contribution in [0.15, 0.2) is 73.0 Å². The van der Waals surface area contributed by atoms with Crippen molar-refractivity contribution in [1.82, 2.24) is 0 Å². The fourth-order valence-electron chi connectivity index (χ4n) is 2.46. The Bertz CT molecular complexity index is 771. The second-order valence-electron chi connectivity index (χ2n) is 5.69. The van der Waals surface area contributed by atoms with E-state index in [1.807, 2.05) is 0 Å². The minimum absolute atomic E-state index is 0.168. The lowest BCUT2D eigenvalue weighted by Gasteiger charge is -2.30. The zero-order chi connectivity index (χ0) is 18.4. The van der Waals surface area contributed by atoms with Crippen LogP contribution >= 0.6 is 0 Å². The largest absolute Gasteiger partial charge is 0.492 e. The number of aliphatic hydroxyl groups is 1. The van der Waals surface area contributed by atoms with E-state index in [2.05, 4.69) is 0 Å². The molecule has 26 heavy (non-hydrogen) atoms. The van der Waals surface area contributed by atoms with Crippen LogP contribution in [-0.4, -0.2) is 42.0 Å². The van der Waals surface area contributed by atoms with E-state index < -0.39 is 30.3 Å². The third kappa shape index (κ3) is 4.29. The molecule has 1 N–H and O–H groups in total. The highest BCUT2D eigenvalue weighted by Crippen LogP contribution is 2.18. The molecule has 0 amide bonds. The molecule has 0 unspecified atom stereocenters. The van der Waals surface area contributed by atoms with E-state index in [1.54, 1.807) is 60.7 Å². The summed E-state index contributed by atoms with van der Waals surface area (Å²) < 4.78 is 15.8. The second-order valence-corrected chi connectivity index (χ2v) is 5.69. The average Bonchev–Trinajstić information content (AvgIpc) is 2.69. The summed E-state index contributed by atoms with van der Waals surface area (Å²) in [4.78, 5) is 24.1. The zero-order valence-electron chi connectivity index (χ0n) is 13.9. The van der Waals surface area contributed by atoms with Crippen molar-refractivity contribution in [3.63, 3.8) is 0 Å².